The molecule has 3 nitrogen and oxygen atoms in total. The molecule has 0 heterocycles. The van der Waals surface area contributed by atoms with Gasteiger partial charge in [-0.25, -0.2) is 8.78 Å². The van der Waals surface area contributed by atoms with E-state index in [1.807, 2.05) is 0 Å². The van der Waals surface area contributed by atoms with Crippen LogP contribution in [0.15, 0.2) is 29.4 Å². The predicted octanol–water partition coefficient (Wildman–Crippen LogP) is 5.35. The first-order valence-corrected chi connectivity index (χ1v) is 11.8. The van der Waals surface area contributed by atoms with E-state index in [-0.39, 0.29) is 12.3 Å². The number of nitrogens with two attached hydrogens (primary N) is 1. The molecule has 4 fully saturated rings. The van der Waals surface area contributed by atoms with E-state index in [1.165, 1.54) is 37.5 Å². The zero-order valence-corrected chi connectivity index (χ0v) is 18.3. The Morgan fingerprint density at radius 1 is 1.13 bits per heavy atom. The van der Waals surface area contributed by atoms with Gasteiger partial charge in [-0.1, -0.05) is 19.1 Å². The van der Waals surface area contributed by atoms with Gasteiger partial charge < -0.3 is 10.8 Å². The number of aliphatic imine (C=N–C) groups is 1. The molecule has 0 aliphatic heterocycles. The number of hydrogen-bond donors (Lipinski definition) is 2. The van der Waals surface area contributed by atoms with Gasteiger partial charge in [0.15, 0.2) is 0 Å². The van der Waals surface area contributed by atoms with E-state index in [2.05, 4.69) is 18.5 Å². The molecule has 4 saturated carbocycles. The van der Waals surface area contributed by atoms with Crippen LogP contribution in [0, 0.1) is 40.9 Å². The van der Waals surface area contributed by atoms with Crippen molar-refractivity contribution in [1.29, 1.82) is 0 Å². The van der Waals surface area contributed by atoms with Crippen LogP contribution < -0.4 is 5.73 Å². The summed E-state index contributed by atoms with van der Waals surface area (Å²) in [6.07, 6.45) is 10.7. The van der Waals surface area contributed by atoms with Crippen LogP contribution in [-0.2, 0) is 0 Å². The van der Waals surface area contributed by atoms with E-state index in [0.29, 0.717) is 48.0 Å². The first kappa shape index (κ1) is 22.0. The monoisotopic (exact) mass is 420 g/mol. The highest BCUT2D eigenvalue weighted by Crippen LogP contribution is 2.65. The molecule has 0 amide bonds. The van der Waals surface area contributed by atoms with Gasteiger partial charge in [-0.3, -0.25) is 4.99 Å². The predicted molar refractivity (Wildman–Crippen MR) is 117 cm³/mol. The molecule has 168 valence electrons. The second-order valence-electron chi connectivity index (χ2n) is 10.8. The molecule has 0 spiro atoms. The number of nitrogens with zero attached hydrogens (tertiary/aromatic N) is 1. The van der Waals surface area contributed by atoms with Gasteiger partial charge >= 0.3 is 0 Å². The van der Waals surface area contributed by atoms with Crippen molar-refractivity contribution in [3.63, 3.8) is 0 Å². The second kappa shape index (κ2) is 8.37. The average Bonchev–Trinajstić information content (AvgIpc) is 3.08. The molecule has 0 unspecified atom stereocenters. The van der Waals surface area contributed by atoms with Gasteiger partial charge in [-0.05, 0) is 111 Å². The fourth-order valence-corrected chi connectivity index (χ4v) is 8.17. The highest BCUT2D eigenvalue weighted by atomic mass is 19.3. The van der Waals surface area contributed by atoms with Gasteiger partial charge in [-0.2, -0.15) is 0 Å². The van der Waals surface area contributed by atoms with Crippen LogP contribution in [0.3, 0.4) is 0 Å². The van der Waals surface area contributed by atoms with Gasteiger partial charge in [-0.15, -0.1) is 0 Å². The topological polar surface area (TPSA) is 58.6 Å². The van der Waals surface area contributed by atoms with Gasteiger partial charge in [0.2, 0.25) is 0 Å². The molecule has 4 rings (SSSR count). The summed E-state index contributed by atoms with van der Waals surface area (Å²) in [5.74, 6) is 3.41. The first-order valence-electron chi connectivity index (χ1n) is 11.8. The molecule has 8 atom stereocenters. The van der Waals surface area contributed by atoms with Crippen molar-refractivity contribution in [2.75, 3.05) is 6.54 Å². The molecule has 0 radical (unpaired) electrons. The van der Waals surface area contributed by atoms with E-state index >= 15 is 0 Å². The van der Waals surface area contributed by atoms with Gasteiger partial charge in [0, 0.05) is 6.21 Å². The van der Waals surface area contributed by atoms with Crippen molar-refractivity contribution in [2.24, 2.45) is 51.6 Å². The van der Waals surface area contributed by atoms with Crippen molar-refractivity contribution in [3.8, 4) is 0 Å². The SMILES string of the molecule is C=C(CN=CC=CN)[C@H]1CC[C@H]2[C@@H]3CC[C@H]4C[C@@](O)(C(F)F)CC[C@@H]4[C@H]3CC[C@]12C. The molecular formula is C25H38F2N2O. The molecule has 4 aliphatic carbocycles. The van der Waals surface area contributed by atoms with Crippen molar-refractivity contribution < 1.29 is 13.9 Å². The fourth-order valence-electron chi connectivity index (χ4n) is 8.17. The Balaban J connectivity index is 1.45. The van der Waals surface area contributed by atoms with Crippen molar-refractivity contribution >= 4 is 6.21 Å². The zero-order valence-electron chi connectivity index (χ0n) is 18.3. The third-order valence-electron chi connectivity index (χ3n) is 9.54. The van der Waals surface area contributed by atoms with Crippen molar-refractivity contribution in [1.82, 2.24) is 0 Å². The van der Waals surface area contributed by atoms with Crippen LogP contribution >= 0.6 is 0 Å². The smallest absolute Gasteiger partial charge is 0.266 e. The van der Waals surface area contributed by atoms with Crippen LogP contribution in [0.25, 0.3) is 0 Å². The number of hydrogen-bond acceptors (Lipinski definition) is 3. The van der Waals surface area contributed by atoms with E-state index in [1.54, 1.807) is 12.3 Å². The Labute approximate surface area is 179 Å². The van der Waals surface area contributed by atoms with E-state index in [0.717, 1.165) is 19.3 Å². The Kier molecular flexibility index (Phi) is 6.13. The highest BCUT2D eigenvalue weighted by Gasteiger charge is 2.58. The van der Waals surface area contributed by atoms with Crippen LogP contribution in [0.2, 0.25) is 0 Å². The summed E-state index contributed by atoms with van der Waals surface area (Å²) in [7, 11) is 0. The number of rotatable bonds is 5. The average molecular weight is 421 g/mol. The number of halogens is 2. The summed E-state index contributed by atoms with van der Waals surface area (Å²) >= 11 is 0. The summed E-state index contributed by atoms with van der Waals surface area (Å²) in [4.78, 5) is 4.46. The van der Waals surface area contributed by atoms with Crippen LogP contribution in [0.1, 0.15) is 64.7 Å². The van der Waals surface area contributed by atoms with E-state index in [9.17, 15) is 13.9 Å². The van der Waals surface area contributed by atoms with E-state index in [4.69, 9.17) is 5.73 Å². The summed E-state index contributed by atoms with van der Waals surface area (Å²) in [6.45, 7) is 7.55. The Bertz CT molecular complexity index is 707. The van der Waals surface area contributed by atoms with Gasteiger partial charge in [0.25, 0.3) is 6.43 Å². The minimum Gasteiger partial charge on any atom is -0.405 e. The normalized spacial score (nSPS) is 46.2. The number of allylic oxidation sites excluding steroid dienone is 1. The summed E-state index contributed by atoms with van der Waals surface area (Å²) in [6, 6.07) is 0. The van der Waals surface area contributed by atoms with Crippen molar-refractivity contribution in [3.05, 3.63) is 24.4 Å². The molecule has 0 bridgehead atoms. The standard InChI is InChI=1S/C25H38F2N2O/c1-16(15-29-13-3-12-28)21-6-7-22-20-5-4-17-14-25(30,23(26)27)11-9-18(17)19(20)8-10-24(21,22)2/h3,12-13,17-23,30H,1,4-11,14-15,28H2,2H3/t17-,18-,19+,20+,21+,22-,24+,25+/m0/s1. The lowest BCUT2D eigenvalue weighted by atomic mass is 9.48. The van der Waals surface area contributed by atoms with Crippen LogP contribution in [-0.4, -0.2) is 29.9 Å². The number of alkyl halides is 2. The largest absolute Gasteiger partial charge is 0.405 e. The molecule has 0 aromatic heterocycles. The zero-order chi connectivity index (χ0) is 21.5. The summed E-state index contributed by atoms with van der Waals surface area (Å²) < 4.78 is 26.8. The maximum absolute atomic E-state index is 13.4. The van der Waals surface area contributed by atoms with Gasteiger partial charge in [0.1, 0.15) is 5.60 Å². The molecule has 3 N–H and O–H groups in total. The second-order valence-corrected chi connectivity index (χ2v) is 10.8. The van der Waals surface area contributed by atoms with Gasteiger partial charge in [0.05, 0.1) is 6.54 Å². The number of fused-ring (bicyclic) bond motifs is 5. The molecule has 0 saturated heterocycles. The minimum atomic E-state index is -2.62. The molecule has 30 heavy (non-hydrogen) atoms. The quantitative estimate of drug-likeness (QED) is 0.465. The minimum absolute atomic E-state index is 0.270. The Morgan fingerprint density at radius 2 is 1.90 bits per heavy atom. The molecule has 0 aromatic carbocycles. The molecule has 4 aliphatic rings. The molecular weight excluding hydrogens is 382 g/mol. The fraction of sp³-hybridized carbons (Fsp3) is 0.800. The lowest BCUT2D eigenvalue weighted by Gasteiger charge is -2.57. The van der Waals surface area contributed by atoms with E-state index < -0.39 is 12.0 Å². The Hall–Kier alpha value is -1.23. The van der Waals surface area contributed by atoms with Crippen LogP contribution in [0.5, 0.6) is 0 Å². The third kappa shape index (κ3) is 3.65. The number of aliphatic hydroxyl groups is 1. The maximum Gasteiger partial charge on any atom is 0.266 e. The maximum atomic E-state index is 13.4. The molecule has 0 aromatic rings. The molecule has 5 heteroatoms. The first-order chi connectivity index (χ1) is 14.3. The third-order valence-corrected chi connectivity index (χ3v) is 9.54. The Morgan fingerprint density at radius 3 is 2.63 bits per heavy atom. The lowest BCUT2D eigenvalue weighted by molar-refractivity contribution is -0.158. The van der Waals surface area contributed by atoms with Crippen LogP contribution in [0.4, 0.5) is 8.78 Å². The highest BCUT2D eigenvalue weighted by molar-refractivity contribution is 5.70. The lowest BCUT2D eigenvalue weighted by Crippen LogP contribution is -2.52. The summed E-state index contributed by atoms with van der Waals surface area (Å²) in [5, 5.41) is 10.4. The van der Waals surface area contributed by atoms with Crippen molar-refractivity contribution in [2.45, 2.75) is 76.7 Å². The summed E-state index contributed by atoms with van der Waals surface area (Å²) in [5.41, 5.74) is 5.16.